The number of nitrogens with one attached hydrogen (secondary N) is 1. The van der Waals surface area contributed by atoms with Crippen LogP contribution < -0.4 is 15.0 Å². The molecule has 6 heteroatoms. The van der Waals surface area contributed by atoms with E-state index >= 15 is 0 Å². The molecule has 0 bridgehead atoms. The van der Waals surface area contributed by atoms with E-state index in [1.54, 1.807) is 7.11 Å². The van der Waals surface area contributed by atoms with Gasteiger partial charge in [-0.25, -0.2) is 9.37 Å². The van der Waals surface area contributed by atoms with Crippen molar-refractivity contribution in [1.29, 1.82) is 0 Å². The first kappa shape index (κ1) is 18.0. The van der Waals surface area contributed by atoms with Gasteiger partial charge in [0.1, 0.15) is 22.2 Å². The number of anilines is 1. The van der Waals surface area contributed by atoms with Gasteiger partial charge in [-0.2, -0.15) is 0 Å². The van der Waals surface area contributed by atoms with Crippen LogP contribution in [-0.4, -0.2) is 37.8 Å². The smallest absolute Gasteiger partial charge is 0.145 e. The lowest BCUT2D eigenvalue weighted by molar-refractivity contribution is 0.418. The molecule has 0 spiro atoms. The van der Waals surface area contributed by atoms with Crippen molar-refractivity contribution in [3.05, 3.63) is 65.1 Å². The van der Waals surface area contributed by atoms with E-state index in [-0.39, 0.29) is 5.82 Å². The van der Waals surface area contributed by atoms with Gasteiger partial charge in [-0.15, -0.1) is 0 Å². The third-order valence-electron chi connectivity index (χ3n) is 4.97. The minimum atomic E-state index is -0.201. The van der Waals surface area contributed by atoms with Crippen molar-refractivity contribution in [2.24, 2.45) is 0 Å². The molecule has 27 heavy (non-hydrogen) atoms. The summed E-state index contributed by atoms with van der Waals surface area (Å²) < 4.78 is 18.6. The normalized spacial score (nSPS) is 17.3. The summed E-state index contributed by atoms with van der Waals surface area (Å²) >= 11 is 6.09. The van der Waals surface area contributed by atoms with E-state index in [2.05, 4.69) is 21.3 Å². The molecule has 1 atom stereocenters. The Labute approximate surface area is 162 Å². The van der Waals surface area contributed by atoms with Gasteiger partial charge in [-0.05, 0) is 48.4 Å². The van der Waals surface area contributed by atoms with Gasteiger partial charge in [-0.3, -0.25) is 0 Å². The zero-order valence-corrected chi connectivity index (χ0v) is 15.8. The fraction of sp³-hybridized carbons (Fsp3) is 0.286. The van der Waals surface area contributed by atoms with Crippen LogP contribution in [0.25, 0.3) is 10.9 Å². The highest BCUT2D eigenvalue weighted by Crippen LogP contribution is 2.34. The van der Waals surface area contributed by atoms with Crippen molar-refractivity contribution >= 4 is 28.2 Å². The van der Waals surface area contributed by atoms with Crippen molar-refractivity contribution in [1.82, 2.24) is 10.3 Å². The molecule has 1 aromatic heterocycles. The standard InChI is InChI=1S/C21H21ClFN3O/c1-27-19-8-7-18(17-6-9-20(22)25-21(17)19)26-11-10-24-16(13-26)12-14-2-4-15(23)5-3-14/h2-9,16,24H,10-13H2,1H3/t16-/m0/s1. The molecule has 3 aromatic rings. The summed E-state index contributed by atoms with van der Waals surface area (Å²) in [4.78, 5) is 6.82. The fourth-order valence-electron chi connectivity index (χ4n) is 3.68. The van der Waals surface area contributed by atoms with Crippen molar-refractivity contribution in [3.63, 3.8) is 0 Å². The van der Waals surface area contributed by atoms with Crippen LogP contribution in [0.5, 0.6) is 5.75 Å². The van der Waals surface area contributed by atoms with Gasteiger partial charge in [0.05, 0.1) is 7.11 Å². The van der Waals surface area contributed by atoms with Crippen LogP contribution in [-0.2, 0) is 6.42 Å². The summed E-state index contributed by atoms with van der Waals surface area (Å²) in [6.45, 7) is 2.66. The average molecular weight is 386 g/mol. The van der Waals surface area contributed by atoms with Crippen LogP contribution in [0.1, 0.15) is 5.56 Å². The number of piperazine rings is 1. The lowest BCUT2D eigenvalue weighted by atomic mass is 10.0. The molecule has 1 aliphatic heterocycles. The van der Waals surface area contributed by atoms with Gasteiger partial charge in [0.2, 0.25) is 0 Å². The van der Waals surface area contributed by atoms with Crippen LogP contribution in [0.15, 0.2) is 48.5 Å². The number of hydrogen-bond acceptors (Lipinski definition) is 4. The lowest BCUT2D eigenvalue weighted by Gasteiger charge is -2.36. The Hall–Kier alpha value is -2.37. The quantitative estimate of drug-likeness (QED) is 0.687. The molecule has 1 N–H and O–H groups in total. The first-order chi connectivity index (χ1) is 13.1. The van der Waals surface area contributed by atoms with Crippen molar-refractivity contribution < 1.29 is 9.13 Å². The SMILES string of the molecule is COc1ccc(N2CCN[C@@H](Cc3ccc(F)cc3)C2)c2ccc(Cl)nc12. The van der Waals surface area contributed by atoms with Crippen molar-refractivity contribution in [2.45, 2.75) is 12.5 Å². The maximum Gasteiger partial charge on any atom is 0.145 e. The monoisotopic (exact) mass is 385 g/mol. The molecular formula is C21H21ClFN3O. The zero-order chi connectivity index (χ0) is 18.8. The summed E-state index contributed by atoms with van der Waals surface area (Å²) in [5, 5.41) is 5.05. The minimum Gasteiger partial charge on any atom is -0.494 e. The fourth-order valence-corrected chi connectivity index (χ4v) is 3.83. The number of fused-ring (bicyclic) bond motifs is 1. The van der Waals surface area contributed by atoms with Crippen LogP contribution in [0.3, 0.4) is 0 Å². The minimum absolute atomic E-state index is 0.201. The second-order valence-corrected chi connectivity index (χ2v) is 7.13. The van der Waals surface area contributed by atoms with Crippen LogP contribution >= 0.6 is 11.6 Å². The molecular weight excluding hydrogens is 365 g/mol. The van der Waals surface area contributed by atoms with Crippen LogP contribution in [0, 0.1) is 5.82 Å². The molecule has 0 saturated carbocycles. The number of pyridine rings is 1. The van der Waals surface area contributed by atoms with E-state index in [1.807, 2.05) is 30.3 Å². The van der Waals surface area contributed by atoms with E-state index in [0.717, 1.165) is 48.2 Å². The molecule has 0 amide bonds. The number of hydrogen-bond donors (Lipinski definition) is 1. The number of nitrogens with zero attached hydrogens (tertiary/aromatic N) is 2. The molecule has 0 radical (unpaired) electrons. The maximum atomic E-state index is 13.1. The number of ether oxygens (including phenoxy) is 1. The number of methoxy groups -OCH3 is 1. The van der Waals surface area contributed by atoms with Gasteiger partial charge in [0, 0.05) is 36.7 Å². The third kappa shape index (κ3) is 3.84. The molecule has 140 valence electrons. The Morgan fingerprint density at radius 3 is 2.78 bits per heavy atom. The largest absolute Gasteiger partial charge is 0.494 e. The molecule has 4 nitrogen and oxygen atoms in total. The summed E-state index contributed by atoms with van der Waals surface area (Å²) in [5.74, 6) is 0.516. The summed E-state index contributed by atoms with van der Waals surface area (Å²) in [6, 6.07) is 14.9. The Kier molecular flexibility index (Phi) is 5.14. The molecule has 4 rings (SSSR count). The van der Waals surface area contributed by atoms with Gasteiger partial charge >= 0.3 is 0 Å². The van der Waals surface area contributed by atoms with Crippen molar-refractivity contribution in [2.75, 3.05) is 31.6 Å². The van der Waals surface area contributed by atoms with Gasteiger partial charge < -0.3 is 15.0 Å². The number of halogens is 2. The topological polar surface area (TPSA) is 37.4 Å². The summed E-state index contributed by atoms with van der Waals surface area (Å²) in [5.41, 5.74) is 3.03. The molecule has 1 saturated heterocycles. The highest BCUT2D eigenvalue weighted by Gasteiger charge is 2.22. The second kappa shape index (κ2) is 7.71. The Balaban J connectivity index is 1.60. The number of aromatic nitrogens is 1. The lowest BCUT2D eigenvalue weighted by Crippen LogP contribution is -2.51. The predicted octanol–water partition coefficient (Wildman–Crippen LogP) is 4.06. The van der Waals surface area contributed by atoms with Gasteiger partial charge in [0.25, 0.3) is 0 Å². The van der Waals surface area contributed by atoms with Gasteiger partial charge in [-0.1, -0.05) is 23.7 Å². The molecule has 0 unspecified atom stereocenters. The first-order valence-corrected chi connectivity index (χ1v) is 9.38. The predicted molar refractivity (Wildman–Crippen MR) is 107 cm³/mol. The highest BCUT2D eigenvalue weighted by molar-refractivity contribution is 6.30. The van der Waals surface area contributed by atoms with Gasteiger partial charge in [0.15, 0.2) is 0 Å². The van der Waals surface area contributed by atoms with E-state index < -0.39 is 0 Å². The Morgan fingerprint density at radius 1 is 1.19 bits per heavy atom. The van der Waals surface area contributed by atoms with E-state index in [9.17, 15) is 4.39 Å². The van der Waals surface area contributed by atoms with E-state index in [1.165, 1.54) is 12.1 Å². The Morgan fingerprint density at radius 2 is 2.00 bits per heavy atom. The molecule has 0 aliphatic carbocycles. The van der Waals surface area contributed by atoms with Crippen LogP contribution in [0.4, 0.5) is 10.1 Å². The average Bonchev–Trinajstić information content (AvgIpc) is 2.69. The zero-order valence-electron chi connectivity index (χ0n) is 15.1. The molecule has 1 aliphatic rings. The highest BCUT2D eigenvalue weighted by atomic mass is 35.5. The molecule has 2 aromatic carbocycles. The van der Waals surface area contributed by atoms with Crippen LogP contribution in [0.2, 0.25) is 5.15 Å². The second-order valence-electron chi connectivity index (χ2n) is 6.74. The first-order valence-electron chi connectivity index (χ1n) is 9.00. The Bertz CT molecular complexity index is 948. The molecule has 1 fully saturated rings. The summed E-state index contributed by atoms with van der Waals surface area (Å²) in [6.07, 6.45) is 0.856. The summed E-state index contributed by atoms with van der Waals surface area (Å²) in [7, 11) is 1.64. The maximum absolute atomic E-state index is 13.1. The van der Waals surface area contributed by atoms with E-state index in [4.69, 9.17) is 16.3 Å². The molecule has 2 heterocycles. The third-order valence-corrected chi connectivity index (χ3v) is 5.19. The van der Waals surface area contributed by atoms with E-state index in [0.29, 0.717) is 16.9 Å². The van der Waals surface area contributed by atoms with Crippen molar-refractivity contribution in [3.8, 4) is 5.75 Å². The number of benzene rings is 2. The number of rotatable bonds is 4.